The van der Waals surface area contributed by atoms with Gasteiger partial charge in [-0.05, 0) is 48.6 Å². The van der Waals surface area contributed by atoms with Crippen LogP contribution in [-0.2, 0) is 4.74 Å². The monoisotopic (exact) mass is 536 g/mol. The second-order valence-corrected chi connectivity index (χ2v) is 8.91. The van der Waals surface area contributed by atoms with E-state index >= 15 is 0 Å². The molecule has 0 amide bonds. The van der Waals surface area contributed by atoms with E-state index in [4.69, 9.17) is 21.3 Å². The summed E-state index contributed by atoms with van der Waals surface area (Å²) >= 11 is 6.47. The molecule has 9 nitrogen and oxygen atoms in total. The van der Waals surface area contributed by atoms with Crippen LogP contribution in [-0.4, -0.2) is 91.5 Å². The van der Waals surface area contributed by atoms with Crippen molar-refractivity contribution in [2.45, 2.75) is 0 Å². The average molecular weight is 537 g/mol. The van der Waals surface area contributed by atoms with Gasteiger partial charge in [0.25, 0.3) is 0 Å². The summed E-state index contributed by atoms with van der Waals surface area (Å²) in [5.74, 6) is -0.983. The Hall–Kier alpha value is -3.34. The minimum atomic E-state index is -0.983. The van der Waals surface area contributed by atoms with Crippen molar-refractivity contribution >= 4 is 81.5 Å². The van der Waals surface area contributed by atoms with Crippen LogP contribution in [0, 0.1) is 0 Å². The molecule has 1 aliphatic heterocycles. The molecule has 6 rings (SSSR count). The van der Waals surface area contributed by atoms with Gasteiger partial charge in [0.1, 0.15) is 5.69 Å². The number of fused-ring (bicyclic) bond motifs is 2. The standard InChI is InChI=1S/C27H21ClN6O3.Na.H/c28-24-15-23(33-11-13-37-14-12-33)26-31-22(25(34(26)32-24)17-3-2-10-29-16-17)9-7-18-6-8-19-20(27(35)36)4-1-5-21(19)30-18;;/h1-10,15-16H,11-14H2,(H,35,36);;/b9-7+;;. The molecule has 0 bridgehead atoms. The first-order valence-electron chi connectivity index (χ1n) is 11.7. The molecule has 4 aromatic heterocycles. The van der Waals surface area contributed by atoms with Crippen LogP contribution in [0.4, 0.5) is 5.69 Å². The second-order valence-electron chi connectivity index (χ2n) is 8.52. The van der Waals surface area contributed by atoms with E-state index in [1.54, 1.807) is 47.2 Å². The van der Waals surface area contributed by atoms with Gasteiger partial charge in [0.2, 0.25) is 0 Å². The number of aromatic nitrogens is 5. The first-order valence-corrected chi connectivity index (χ1v) is 12.1. The zero-order valence-corrected chi connectivity index (χ0v) is 20.3. The molecule has 1 saturated heterocycles. The summed E-state index contributed by atoms with van der Waals surface area (Å²) in [4.78, 5) is 27.6. The number of hydrogen-bond donors (Lipinski definition) is 1. The number of hydrogen-bond acceptors (Lipinski definition) is 7. The van der Waals surface area contributed by atoms with Gasteiger partial charge in [-0.3, -0.25) is 4.98 Å². The van der Waals surface area contributed by atoms with Crippen LogP contribution in [0.25, 0.3) is 40.0 Å². The Morgan fingerprint density at radius 2 is 1.89 bits per heavy atom. The Balaban J connectivity index is 0.00000294. The normalized spacial score (nSPS) is 13.8. The average Bonchev–Trinajstić information content (AvgIpc) is 3.29. The van der Waals surface area contributed by atoms with Gasteiger partial charge in [0.05, 0.1) is 41.4 Å². The van der Waals surface area contributed by atoms with Crippen molar-refractivity contribution in [1.29, 1.82) is 0 Å². The van der Waals surface area contributed by atoms with Crippen LogP contribution in [0.1, 0.15) is 21.7 Å². The summed E-state index contributed by atoms with van der Waals surface area (Å²) in [7, 11) is 0. The number of halogens is 1. The molecule has 1 fully saturated rings. The summed E-state index contributed by atoms with van der Waals surface area (Å²) in [6, 6.07) is 14.3. The summed E-state index contributed by atoms with van der Waals surface area (Å²) in [6.07, 6.45) is 7.21. The van der Waals surface area contributed by atoms with Gasteiger partial charge < -0.3 is 14.7 Å². The predicted molar refractivity (Wildman–Crippen MR) is 149 cm³/mol. The fraction of sp³-hybridized carbons (Fsp3) is 0.148. The van der Waals surface area contributed by atoms with Gasteiger partial charge in [-0.1, -0.05) is 17.7 Å². The second kappa shape index (κ2) is 11.2. The third-order valence-electron chi connectivity index (χ3n) is 6.24. The molecule has 1 aliphatic rings. The molecule has 1 N–H and O–H groups in total. The first-order chi connectivity index (χ1) is 18.1. The van der Waals surface area contributed by atoms with Crippen molar-refractivity contribution in [1.82, 2.24) is 24.6 Å². The number of morpholine rings is 1. The number of imidazole rings is 1. The van der Waals surface area contributed by atoms with E-state index < -0.39 is 5.97 Å². The first kappa shape index (κ1) is 26.3. The van der Waals surface area contributed by atoms with Crippen LogP contribution < -0.4 is 4.90 Å². The maximum atomic E-state index is 11.6. The SMILES string of the molecule is O=C(O)c1cccc2nc(/C=C/c3nc4c(N5CCOCC5)cc(Cl)nn4c3-c3cccnc3)ccc12.[NaH]. The topological polar surface area (TPSA) is 106 Å². The van der Waals surface area contributed by atoms with Gasteiger partial charge in [-0.15, -0.1) is 0 Å². The summed E-state index contributed by atoms with van der Waals surface area (Å²) in [5, 5.41) is 15.0. The van der Waals surface area contributed by atoms with E-state index in [-0.39, 0.29) is 35.1 Å². The number of nitrogens with zero attached hydrogens (tertiary/aromatic N) is 6. The summed E-state index contributed by atoms with van der Waals surface area (Å²) in [6.45, 7) is 2.73. The van der Waals surface area contributed by atoms with Crippen molar-refractivity contribution in [2.75, 3.05) is 31.2 Å². The van der Waals surface area contributed by atoms with Gasteiger partial charge in [0, 0.05) is 42.5 Å². The number of carbonyl (C=O) groups is 1. The molecular formula is C27H22ClN6NaO3. The van der Waals surface area contributed by atoms with E-state index in [9.17, 15) is 9.90 Å². The number of pyridine rings is 2. The van der Waals surface area contributed by atoms with Gasteiger partial charge in [-0.25, -0.2) is 19.3 Å². The van der Waals surface area contributed by atoms with Crippen molar-refractivity contribution in [2.24, 2.45) is 0 Å². The minimum absolute atomic E-state index is 0. The number of anilines is 1. The quantitative estimate of drug-likeness (QED) is 0.335. The zero-order chi connectivity index (χ0) is 25.4. The molecule has 0 unspecified atom stereocenters. The van der Waals surface area contributed by atoms with E-state index in [1.165, 1.54) is 0 Å². The number of aromatic carboxylic acids is 1. The Labute approximate surface area is 245 Å². The maximum absolute atomic E-state index is 11.6. The van der Waals surface area contributed by atoms with Crippen molar-refractivity contribution in [3.63, 3.8) is 0 Å². The fourth-order valence-electron chi connectivity index (χ4n) is 4.53. The number of rotatable bonds is 5. The predicted octanol–water partition coefficient (Wildman–Crippen LogP) is 4.05. The van der Waals surface area contributed by atoms with E-state index in [1.807, 2.05) is 30.4 Å². The van der Waals surface area contributed by atoms with Crippen molar-refractivity contribution < 1.29 is 14.6 Å². The number of carboxylic acid groups (broad SMARTS) is 1. The Bertz CT molecular complexity index is 1670. The Kier molecular flexibility index (Phi) is 7.73. The van der Waals surface area contributed by atoms with Crippen LogP contribution >= 0.6 is 11.6 Å². The third-order valence-corrected chi connectivity index (χ3v) is 6.43. The third kappa shape index (κ3) is 5.03. The molecule has 11 heteroatoms. The molecule has 0 aliphatic carbocycles. The molecule has 186 valence electrons. The molecule has 38 heavy (non-hydrogen) atoms. The fourth-order valence-corrected chi connectivity index (χ4v) is 4.71. The Morgan fingerprint density at radius 1 is 1.05 bits per heavy atom. The molecule has 0 radical (unpaired) electrons. The van der Waals surface area contributed by atoms with Crippen LogP contribution in [0.2, 0.25) is 5.15 Å². The van der Waals surface area contributed by atoms with E-state index in [0.29, 0.717) is 46.3 Å². The van der Waals surface area contributed by atoms with Crippen LogP contribution in [0.15, 0.2) is 60.9 Å². The summed E-state index contributed by atoms with van der Waals surface area (Å²) < 4.78 is 7.28. The molecule has 5 aromatic rings. The molecular weight excluding hydrogens is 515 g/mol. The van der Waals surface area contributed by atoms with E-state index in [0.717, 1.165) is 30.0 Å². The van der Waals surface area contributed by atoms with Crippen molar-refractivity contribution in [3.05, 3.63) is 83.0 Å². The van der Waals surface area contributed by atoms with Gasteiger partial charge in [-0.2, -0.15) is 5.10 Å². The Morgan fingerprint density at radius 3 is 2.66 bits per heavy atom. The van der Waals surface area contributed by atoms with Gasteiger partial charge in [0.15, 0.2) is 10.8 Å². The van der Waals surface area contributed by atoms with Crippen molar-refractivity contribution in [3.8, 4) is 11.3 Å². The van der Waals surface area contributed by atoms with Gasteiger partial charge >= 0.3 is 35.5 Å². The zero-order valence-electron chi connectivity index (χ0n) is 19.6. The van der Waals surface area contributed by atoms with Crippen LogP contribution in [0.5, 0.6) is 0 Å². The molecule has 0 saturated carbocycles. The number of ether oxygens (including phenoxy) is 1. The molecule has 1 aromatic carbocycles. The molecule has 0 spiro atoms. The number of carboxylic acids is 1. The van der Waals surface area contributed by atoms with E-state index in [2.05, 4.69) is 20.0 Å². The van der Waals surface area contributed by atoms with Crippen LogP contribution in [0.3, 0.4) is 0 Å². The number of benzene rings is 1. The molecule has 5 heterocycles. The summed E-state index contributed by atoms with van der Waals surface area (Å²) in [5.41, 5.74) is 5.34. The molecule has 0 atom stereocenters.